The molecule has 1 fully saturated rings. The lowest BCUT2D eigenvalue weighted by molar-refractivity contribution is 0.0168. The van der Waals surface area contributed by atoms with E-state index < -0.39 is 17.1 Å². The summed E-state index contributed by atoms with van der Waals surface area (Å²) in [6, 6.07) is 0. The number of hydrogen-bond donors (Lipinski definition) is 1. The largest absolute Gasteiger partial charge is 0.355 e. The minimum absolute atomic E-state index is 0.0338. The van der Waals surface area contributed by atoms with Crippen LogP contribution in [0.2, 0.25) is 0 Å². The van der Waals surface area contributed by atoms with E-state index in [4.69, 9.17) is 16.3 Å². The molecule has 6 heteroatoms. The molecular formula is C12H19ClFN3O. The van der Waals surface area contributed by atoms with Crippen LogP contribution >= 0.6 is 11.6 Å². The Kier molecular flexibility index (Phi) is 4.22. The second-order valence-electron chi connectivity index (χ2n) is 5.08. The van der Waals surface area contributed by atoms with Crippen molar-refractivity contribution >= 4 is 24.0 Å². The minimum Gasteiger partial charge on any atom is -0.355 e. The van der Waals surface area contributed by atoms with Crippen molar-refractivity contribution in [3.8, 4) is 0 Å². The molecule has 4 nitrogen and oxygen atoms in total. The summed E-state index contributed by atoms with van der Waals surface area (Å²) in [6.45, 7) is 4.08. The molecule has 0 aromatic carbocycles. The molecule has 1 aliphatic heterocycles. The van der Waals surface area contributed by atoms with Gasteiger partial charge < -0.3 is 10.2 Å². The van der Waals surface area contributed by atoms with Crippen molar-refractivity contribution in [2.24, 2.45) is 16.0 Å². The summed E-state index contributed by atoms with van der Waals surface area (Å²) >= 11 is 6.09. The number of nitrogens with one attached hydrogen (secondary N) is 1. The number of aliphatic imine (C=N–C) groups is 1. The number of halogens is 2. The van der Waals surface area contributed by atoms with Crippen molar-refractivity contribution in [2.45, 2.75) is 49.9 Å². The molecule has 1 heterocycles. The fourth-order valence-corrected chi connectivity index (χ4v) is 2.89. The summed E-state index contributed by atoms with van der Waals surface area (Å²) in [4.78, 5) is 4.03. The summed E-state index contributed by atoms with van der Waals surface area (Å²) in [5, 5.41) is 3.56. The second-order valence-corrected chi connectivity index (χ2v) is 5.64. The lowest BCUT2D eigenvalue weighted by Gasteiger charge is -2.32. The number of rotatable bonds is 3. The highest BCUT2D eigenvalue weighted by molar-refractivity contribution is 6.21. The molecule has 0 aromatic rings. The molecule has 0 amide bonds. The van der Waals surface area contributed by atoms with Crippen LogP contribution < -0.4 is 5.43 Å². The van der Waals surface area contributed by atoms with Gasteiger partial charge in [0.15, 0.2) is 0 Å². The van der Waals surface area contributed by atoms with Gasteiger partial charge in [-0.15, -0.1) is 11.6 Å². The van der Waals surface area contributed by atoms with E-state index in [0.717, 1.165) is 0 Å². The topological polar surface area (TPSA) is 46.0 Å². The summed E-state index contributed by atoms with van der Waals surface area (Å²) in [5.74, 6) is 0.0338. The van der Waals surface area contributed by atoms with Gasteiger partial charge in [0.2, 0.25) is 0 Å². The highest BCUT2D eigenvalue weighted by Gasteiger charge is 2.48. The van der Waals surface area contributed by atoms with E-state index in [1.165, 1.54) is 0 Å². The zero-order valence-corrected chi connectivity index (χ0v) is 11.4. The summed E-state index contributed by atoms with van der Waals surface area (Å²) in [6.07, 6.45) is 3.13. The molecule has 5 unspecified atom stereocenters. The summed E-state index contributed by atoms with van der Waals surface area (Å²) < 4.78 is 19.7. The molecule has 18 heavy (non-hydrogen) atoms. The first kappa shape index (κ1) is 13.7. The van der Waals surface area contributed by atoms with Crippen LogP contribution in [0.25, 0.3) is 0 Å². The maximum absolute atomic E-state index is 14.0. The first-order chi connectivity index (χ1) is 8.57. The second kappa shape index (κ2) is 5.53. The van der Waals surface area contributed by atoms with E-state index in [1.807, 2.05) is 20.1 Å². The first-order valence-corrected chi connectivity index (χ1v) is 6.65. The molecule has 102 valence electrons. The molecule has 0 aromatic heterocycles. The molecule has 0 spiro atoms. The number of hydrogen-bond acceptors (Lipinski definition) is 4. The molecule has 0 radical (unpaired) electrons. The Hall–Kier alpha value is -0.680. The first-order valence-electron chi connectivity index (χ1n) is 6.21. The molecule has 1 saturated carbocycles. The summed E-state index contributed by atoms with van der Waals surface area (Å²) in [5.41, 5.74) is 2.59. The average Bonchev–Trinajstić information content (AvgIpc) is 2.65. The normalized spacial score (nSPS) is 43.8. The SMILES string of the molecule is C/C=N\COC1CC(Cl)C(F)CC2(C)NN=CC12. The lowest BCUT2D eigenvalue weighted by Crippen LogP contribution is -2.47. The van der Waals surface area contributed by atoms with E-state index >= 15 is 0 Å². The maximum atomic E-state index is 14.0. The Bertz CT molecular complexity index is 352. The monoisotopic (exact) mass is 275 g/mol. The molecule has 0 saturated heterocycles. The minimum atomic E-state index is -1.04. The Morgan fingerprint density at radius 2 is 2.50 bits per heavy atom. The van der Waals surface area contributed by atoms with Crippen molar-refractivity contribution in [3.05, 3.63) is 0 Å². The van der Waals surface area contributed by atoms with E-state index in [-0.39, 0.29) is 18.8 Å². The zero-order valence-electron chi connectivity index (χ0n) is 10.6. The van der Waals surface area contributed by atoms with E-state index in [9.17, 15) is 4.39 Å². The van der Waals surface area contributed by atoms with Crippen LogP contribution in [0.5, 0.6) is 0 Å². The smallest absolute Gasteiger partial charge is 0.137 e. The molecule has 1 aliphatic carbocycles. The Morgan fingerprint density at radius 3 is 3.22 bits per heavy atom. The predicted molar refractivity (Wildman–Crippen MR) is 71.2 cm³/mol. The molecule has 0 bridgehead atoms. The third-order valence-corrected chi connectivity index (χ3v) is 4.16. The highest BCUT2D eigenvalue weighted by Crippen LogP contribution is 2.38. The van der Waals surface area contributed by atoms with Crippen LogP contribution in [-0.2, 0) is 4.74 Å². The van der Waals surface area contributed by atoms with Crippen molar-refractivity contribution in [2.75, 3.05) is 6.73 Å². The molecular weight excluding hydrogens is 257 g/mol. The fourth-order valence-electron chi connectivity index (χ4n) is 2.63. The molecule has 2 rings (SSSR count). The highest BCUT2D eigenvalue weighted by atomic mass is 35.5. The molecule has 5 atom stereocenters. The van der Waals surface area contributed by atoms with Gasteiger partial charge in [-0.05, 0) is 26.5 Å². The third kappa shape index (κ3) is 2.67. The van der Waals surface area contributed by atoms with E-state index in [2.05, 4.69) is 15.5 Å². The van der Waals surface area contributed by atoms with Gasteiger partial charge >= 0.3 is 0 Å². The predicted octanol–water partition coefficient (Wildman–Crippen LogP) is 2.12. The van der Waals surface area contributed by atoms with E-state index in [1.54, 1.807) is 6.21 Å². The van der Waals surface area contributed by atoms with Gasteiger partial charge in [-0.3, -0.25) is 4.99 Å². The van der Waals surface area contributed by atoms with Gasteiger partial charge in [-0.25, -0.2) is 4.39 Å². The van der Waals surface area contributed by atoms with Crippen LogP contribution in [-0.4, -0.2) is 42.4 Å². The summed E-state index contributed by atoms with van der Waals surface area (Å²) in [7, 11) is 0. The van der Waals surface area contributed by atoms with Crippen molar-refractivity contribution in [1.29, 1.82) is 0 Å². The van der Waals surface area contributed by atoms with Crippen molar-refractivity contribution < 1.29 is 9.13 Å². The number of hydrazone groups is 1. The Balaban J connectivity index is 2.13. The number of alkyl halides is 2. The van der Waals surface area contributed by atoms with Gasteiger partial charge in [0.05, 0.1) is 17.0 Å². The van der Waals surface area contributed by atoms with Gasteiger partial charge in [0.1, 0.15) is 12.9 Å². The quantitative estimate of drug-likeness (QED) is 0.633. The van der Waals surface area contributed by atoms with Crippen molar-refractivity contribution in [3.63, 3.8) is 0 Å². The van der Waals surface area contributed by atoms with Gasteiger partial charge in [0.25, 0.3) is 0 Å². The van der Waals surface area contributed by atoms with Gasteiger partial charge in [-0.2, -0.15) is 5.10 Å². The number of nitrogens with zero attached hydrogens (tertiary/aromatic N) is 2. The maximum Gasteiger partial charge on any atom is 0.137 e. The van der Waals surface area contributed by atoms with Gasteiger partial charge in [-0.1, -0.05) is 0 Å². The van der Waals surface area contributed by atoms with Crippen LogP contribution in [0, 0.1) is 5.92 Å². The molecule has 2 aliphatic rings. The van der Waals surface area contributed by atoms with Crippen LogP contribution in [0.1, 0.15) is 26.7 Å². The van der Waals surface area contributed by atoms with Crippen LogP contribution in [0.15, 0.2) is 10.1 Å². The average molecular weight is 276 g/mol. The third-order valence-electron chi connectivity index (χ3n) is 3.71. The lowest BCUT2D eigenvalue weighted by atomic mass is 9.82. The van der Waals surface area contributed by atoms with Crippen molar-refractivity contribution in [1.82, 2.24) is 5.43 Å². The Labute approximate surface area is 112 Å². The zero-order chi connectivity index (χ0) is 13.2. The standard InChI is InChI=1S/C12H19ClFN3O/c1-3-15-7-18-11-4-9(13)10(14)5-12(2)8(11)6-16-17-12/h3,6,8-11,17H,4-5,7H2,1-2H3/b15-3-. The van der Waals surface area contributed by atoms with Crippen LogP contribution in [0.3, 0.4) is 0 Å². The number of fused-ring (bicyclic) bond motifs is 1. The van der Waals surface area contributed by atoms with E-state index in [0.29, 0.717) is 12.8 Å². The Morgan fingerprint density at radius 1 is 1.72 bits per heavy atom. The van der Waals surface area contributed by atoms with Crippen LogP contribution in [0.4, 0.5) is 4.39 Å². The number of ether oxygens (including phenoxy) is 1. The van der Waals surface area contributed by atoms with Gasteiger partial charge in [0, 0.05) is 18.6 Å². The fraction of sp³-hybridized carbons (Fsp3) is 0.833. The molecule has 1 N–H and O–H groups in total.